The van der Waals surface area contributed by atoms with Crippen molar-refractivity contribution in [1.82, 2.24) is 0 Å². The fourth-order valence-corrected chi connectivity index (χ4v) is 2.10. The highest BCUT2D eigenvalue weighted by Gasteiger charge is 2.18. The second-order valence-corrected chi connectivity index (χ2v) is 4.25. The van der Waals surface area contributed by atoms with Gasteiger partial charge >= 0.3 is 0 Å². The molecule has 0 aliphatic heterocycles. The van der Waals surface area contributed by atoms with Crippen molar-refractivity contribution in [3.8, 4) is 5.75 Å². The summed E-state index contributed by atoms with van der Waals surface area (Å²) in [6.45, 7) is 0. The van der Waals surface area contributed by atoms with Gasteiger partial charge in [-0.1, -0.05) is 0 Å². The number of rotatable bonds is 4. The topological polar surface area (TPSA) is 64.4 Å². The van der Waals surface area contributed by atoms with E-state index in [1.54, 1.807) is 13.1 Å². The van der Waals surface area contributed by atoms with Crippen LogP contribution in [-0.4, -0.2) is 18.1 Å². The molecule has 92 valence electrons. The Balaban J connectivity index is 2.19. The van der Waals surface area contributed by atoms with Gasteiger partial charge in [-0.05, 0) is 25.7 Å². The Morgan fingerprint density at radius 3 is 2.65 bits per heavy atom. The number of non-ortho nitro benzene ring substituents is 1. The van der Waals surface area contributed by atoms with E-state index in [1.807, 2.05) is 0 Å². The lowest BCUT2D eigenvalue weighted by Gasteiger charge is -2.13. The molecule has 0 atom stereocenters. The van der Waals surface area contributed by atoms with Crippen LogP contribution in [-0.2, 0) is 0 Å². The van der Waals surface area contributed by atoms with E-state index in [4.69, 9.17) is 4.74 Å². The molecule has 1 aliphatic carbocycles. The maximum absolute atomic E-state index is 10.8. The molecule has 0 spiro atoms. The minimum absolute atomic E-state index is 0.0600. The van der Waals surface area contributed by atoms with Gasteiger partial charge in [-0.25, -0.2) is 0 Å². The lowest BCUT2D eigenvalue weighted by Crippen LogP contribution is -2.11. The van der Waals surface area contributed by atoms with Crippen molar-refractivity contribution in [2.75, 3.05) is 12.4 Å². The van der Waals surface area contributed by atoms with Gasteiger partial charge in [0.1, 0.15) is 5.75 Å². The third kappa shape index (κ3) is 2.87. The molecule has 0 aromatic heterocycles. The molecule has 0 unspecified atom stereocenters. The number of nitrogens with one attached hydrogen (secondary N) is 1. The highest BCUT2D eigenvalue weighted by Crippen LogP contribution is 2.29. The smallest absolute Gasteiger partial charge is 0.275 e. The highest BCUT2D eigenvalue weighted by molar-refractivity contribution is 5.56. The monoisotopic (exact) mass is 236 g/mol. The molecule has 0 bridgehead atoms. The van der Waals surface area contributed by atoms with Crippen LogP contribution in [0.1, 0.15) is 25.7 Å². The number of anilines is 1. The first kappa shape index (κ1) is 11.7. The number of nitro groups is 1. The summed E-state index contributed by atoms with van der Waals surface area (Å²) < 4.78 is 5.76. The van der Waals surface area contributed by atoms with E-state index in [0.717, 1.165) is 12.8 Å². The molecule has 0 amide bonds. The zero-order chi connectivity index (χ0) is 12.3. The lowest BCUT2D eigenvalue weighted by molar-refractivity contribution is -0.384. The van der Waals surface area contributed by atoms with Gasteiger partial charge in [-0.3, -0.25) is 10.1 Å². The molecule has 17 heavy (non-hydrogen) atoms. The summed E-state index contributed by atoms with van der Waals surface area (Å²) in [4.78, 5) is 10.4. The van der Waals surface area contributed by atoms with Crippen molar-refractivity contribution < 1.29 is 9.66 Å². The second kappa shape index (κ2) is 5.03. The summed E-state index contributed by atoms with van der Waals surface area (Å²) in [5.41, 5.74) is 0.761. The Hall–Kier alpha value is -1.78. The molecule has 5 heteroatoms. The average Bonchev–Trinajstić information content (AvgIpc) is 2.81. The summed E-state index contributed by atoms with van der Waals surface area (Å²) in [6.07, 6.45) is 4.65. The normalized spacial score (nSPS) is 15.8. The molecular weight excluding hydrogens is 220 g/mol. The number of nitrogens with zero attached hydrogens (tertiary/aromatic N) is 1. The van der Waals surface area contributed by atoms with Crippen LogP contribution in [0.15, 0.2) is 18.2 Å². The van der Waals surface area contributed by atoms with Crippen molar-refractivity contribution >= 4 is 11.4 Å². The van der Waals surface area contributed by atoms with Crippen LogP contribution >= 0.6 is 0 Å². The first-order valence-electron chi connectivity index (χ1n) is 5.83. The van der Waals surface area contributed by atoms with Gasteiger partial charge < -0.3 is 10.1 Å². The summed E-state index contributed by atoms with van der Waals surface area (Å²) in [7, 11) is 1.73. The van der Waals surface area contributed by atoms with Gasteiger partial charge in [0.05, 0.1) is 17.1 Å². The SMILES string of the molecule is CNc1cc(OC2CCCC2)cc([N+](=O)[O-])c1. The van der Waals surface area contributed by atoms with E-state index in [0.29, 0.717) is 11.4 Å². The summed E-state index contributed by atoms with van der Waals surface area (Å²) >= 11 is 0. The number of hydrogen-bond acceptors (Lipinski definition) is 4. The van der Waals surface area contributed by atoms with E-state index in [-0.39, 0.29) is 11.8 Å². The number of hydrogen-bond donors (Lipinski definition) is 1. The molecule has 1 fully saturated rings. The quantitative estimate of drug-likeness (QED) is 0.644. The predicted octanol–water partition coefficient (Wildman–Crippen LogP) is 2.96. The maximum atomic E-state index is 10.8. The fourth-order valence-electron chi connectivity index (χ4n) is 2.10. The Kier molecular flexibility index (Phi) is 3.46. The average molecular weight is 236 g/mol. The molecule has 2 rings (SSSR count). The molecule has 0 radical (unpaired) electrons. The van der Waals surface area contributed by atoms with Crippen molar-refractivity contribution in [3.63, 3.8) is 0 Å². The Morgan fingerprint density at radius 2 is 2.06 bits per heavy atom. The first-order chi connectivity index (χ1) is 8.19. The molecule has 1 aromatic rings. The van der Waals surface area contributed by atoms with E-state index >= 15 is 0 Å². The third-order valence-corrected chi connectivity index (χ3v) is 3.00. The van der Waals surface area contributed by atoms with E-state index in [1.165, 1.54) is 25.0 Å². The molecule has 0 saturated heterocycles. The standard InChI is InChI=1S/C12H16N2O3/c1-13-9-6-10(14(15)16)8-12(7-9)17-11-4-2-3-5-11/h6-8,11,13H,2-5H2,1H3. The van der Waals surface area contributed by atoms with Crippen LogP contribution in [0.3, 0.4) is 0 Å². The summed E-state index contributed by atoms with van der Waals surface area (Å²) in [5, 5.41) is 13.7. The van der Waals surface area contributed by atoms with Gasteiger partial charge in [-0.2, -0.15) is 0 Å². The van der Waals surface area contributed by atoms with Gasteiger partial charge in [0.25, 0.3) is 5.69 Å². The van der Waals surface area contributed by atoms with Crippen LogP contribution < -0.4 is 10.1 Å². The Bertz CT molecular complexity index is 414. The van der Waals surface area contributed by atoms with Gasteiger partial charge in [0.2, 0.25) is 0 Å². The molecule has 1 saturated carbocycles. The zero-order valence-electron chi connectivity index (χ0n) is 9.81. The van der Waals surface area contributed by atoms with Crippen molar-refractivity contribution in [3.05, 3.63) is 28.3 Å². The van der Waals surface area contributed by atoms with Gasteiger partial charge in [0, 0.05) is 24.9 Å². The molecule has 5 nitrogen and oxygen atoms in total. The lowest BCUT2D eigenvalue weighted by atomic mass is 10.2. The van der Waals surface area contributed by atoms with Crippen LogP contribution in [0.2, 0.25) is 0 Å². The van der Waals surface area contributed by atoms with E-state index in [2.05, 4.69) is 5.32 Å². The minimum Gasteiger partial charge on any atom is -0.490 e. The van der Waals surface area contributed by atoms with Crippen molar-refractivity contribution in [2.24, 2.45) is 0 Å². The van der Waals surface area contributed by atoms with Crippen molar-refractivity contribution in [1.29, 1.82) is 0 Å². The fraction of sp³-hybridized carbons (Fsp3) is 0.500. The third-order valence-electron chi connectivity index (χ3n) is 3.00. The molecule has 1 aromatic carbocycles. The van der Waals surface area contributed by atoms with Crippen LogP contribution in [0.5, 0.6) is 5.75 Å². The van der Waals surface area contributed by atoms with Crippen LogP contribution in [0, 0.1) is 10.1 Å². The van der Waals surface area contributed by atoms with Crippen LogP contribution in [0.4, 0.5) is 11.4 Å². The Labute approximate surface area is 99.9 Å². The number of ether oxygens (including phenoxy) is 1. The molecule has 0 heterocycles. The maximum Gasteiger partial charge on any atom is 0.275 e. The summed E-state index contributed by atoms with van der Waals surface area (Å²) in [6, 6.07) is 4.78. The molecule has 1 aliphatic rings. The van der Waals surface area contributed by atoms with Crippen molar-refractivity contribution in [2.45, 2.75) is 31.8 Å². The number of benzene rings is 1. The zero-order valence-corrected chi connectivity index (χ0v) is 9.81. The van der Waals surface area contributed by atoms with Crippen LogP contribution in [0.25, 0.3) is 0 Å². The molecular formula is C12H16N2O3. The van der Waals surface area contributed by atoms with E-state index < -0.39 is 4.92 Å². The van der Waals surface area contributed by atoms with Gasteiger partial charge in [0.15, 0.2) is 0 Å². The largest absolute Gasteiger partial charge is 0.490 e. The predicted molar refractivity (Wildman–Crippen MR) is 65.5 cm³/mol. The number of nitro benzene ring substituents is 1. The summed E-state index contributed by atoms with van der Waals surface area (Å²) in [5.74, 6) is 0.579. The van der Waals surface area contributed by atoms with Gasteiger partial charge in [-0.15, -0.1) is 0 Å². The second-order valence-electron chi connectivity index (χ2n) is 4.25. The first-order valence-corrected chi connectivity index (χ1v) is 5.83. The van der Waals surface area contributed by atoms with E-state index in [9.17, 15) is 10.1 Å². The Morgan fingerprint density at radius 1 is 1.35 bits per heavy atom. The highest BCUT2D eigenvalue weighted by atomic mass is 16.6. The molecule has 1 N–H and O–H groups in total. The minimum atomic E-state index is -0.400.